The van der Waals surface area contributed by atoms with Gasteiger partial charge in [0.2, 0.25) is 0 Å². The molecule has 0 amide bonds. The summed E-state index contributed by atoms with van der Waals surface area (Å²) in [4.78, 5) is 4.17. The third-order valence-electron chi connectivity index (χ3n) is 1.25. The fourth-order valence-electron chi connectivity index (χ4n) is 0.735. The van der Waals surface area contributed by atoms with E-state index in [4.69, 9.17) is 5.73 Å². The van der Waals surface area contributed by atoms with Crippen LogP contribution >= 0.6 is 15.9 Å². The van der Waals surface area contributed by atoms with E-state index in [9.17, 15) is 0 Å². The number of hydrogen-bond acceptors (Lipinski definition) is 2. The summed E-state index contributed by atoms with van der Waals surface area (Å²) in [5.74, 6) is 0. The number of allylic oxidation sites excluding steroid dienone is 1. The van der Waals surface area contributed by atoms with Crippen molar-refractivity contribution in [2.45, 2.75) is 6.92 Å². The first-order valence-corrected chi connectivity index (χ1v) is 3.98. The summed E-state index contributed by atoms with van der Waals surface area (Å²) in [5.41, 5.74) is 8.03. The number of aromatic nitrogens is 1. The van der Waals surface area contributed by atoms with Crippen molar-refractivity contribution in [3.05, 3.63) is 29.0 Å². The van der Waals surface area contributed by atoms with Crippen LogP contribution in [-0.2, 0) is 0 Å². The molecule has 1 aromatic rings. The van der Waals surface area contributed by atoms with E-state index in [1.807, 2.05) is 6.92 Å². The van der Waals surface area contributed by atoms with Crippen LogP contribution in [0.25, 0.3) is 5.57 Å². The standard InChI is InChI=1S/C8H9BrN2/c1-5(2)7-3-6(10)4-8(9)11-7/h3-4H,1H2,2H3,(H2,10,11). The lowest BCUT2D eigenvalue weighted by atomic mass is 10.2. The molecule has 3 heteroatoms. The Kier molecular flexibility index (Phi) is 2.29. The molecule has 2 nitrogen and oxygen atoms in total. The van der Waals surface area contributed by atoms with Crippen molar-refractivity contribution in [2.75, 3.05) is 5.73 Å². The number of nitrogen functional groups attached to an aromatic ring is 1. The SMILES string of the molecule is C=C(C)c1cc(N)cc(Br)n1. The molecule has 0 aromatic carbocycles. The molecule has 1 aromatic heterocycles. The Labute approximate surface area is 74.3 Å². The summed E-state index contributed by atoms with van der Waals surface area (Å²) >= 11 is 3.25. The first-order valence-electron chi connectivity index (χ1n) is 3.18. The molecule has 0 fully saturated rings. The van der Waals surface area contributed by atoms with Gasteiger partial charge in [0.1, 0.15) is 4.60 Å². The summed E-state index contributed by atoms with van der Waals surface area (Å²) < 4.78 is 0.746. The topological polar surface area (TPSA) is 38.9 Å². The Bertz CT molecular complexity index is 274. The molecule has 0 spiro atoms. The number of hydrogen-bond donors (Lipinski definition) is 1. The first-order chi connectivity index (χ1) is 5.09. The van der Waals surface area contributed by atoms with E-state index >= 15 is 0 Å². The first kappa shape index (κ1) is 8.27. The van der Waals surface area contributed by atoms with E-state index < -0.39 is 0 Å². The van der Waals surface area contributed by atoms with E-state index in [-0.39, 0.29) is 0 Å². The summed E-state index contributed by atoms with van der Waals surface area (Å²) in [6.45, 7) is 5.67. The van der Waals surface area contributed by atoms with Gasteiger partial charge in [0, 0.05) is 5.69 Å². The number of pyridine rings is 1. The van der Waals surface area contributed by atoms with Gasteiger partial charge < -0.3 is 5.73 Å². The number of anilines is 1. The smallest absolute Gasteiger partial charge is 0.108 e. The van der Waals surface area contributed by atoms with Crippen molar-refractivity contribution in [3.63, 3.8) is 0 Å². The van der Waals surface area contributed by atoms with Crippen molar-refractivity contribution in [1.82, 2.24) is 4.98 Å². The predicted octanol–water partition coefficient (Wildman–Crippen LogP) is 2.46. The van der Waals surface area contributed by atoms with Crippen LogP contribution in [0.5, 0.6) is 0 Å². The lowest BCUT2D eigenvalue weighted by Crippen LogP contribution is -1.91. The van der Waals surface area contributed by atoms with E-state index in [2.05, 4.69) is 27.5 Å². The second-order valence-electron chi connectivity index (χ2n) is 2.39. The van der Waals surface area contributed by atoms with Crippen LogP contribution in [0.3, 0.4) is 0 Å². The van der Waals surface area contributed by atoms with E-state index in [0.29, 0.717) is 5.69 Å². The molecule has 0 saturated carbocycles. The molecular formula is C8H9BrN2. The number of nitrogens with two attached hydrogens (primary N) is 1. The molecule has 1 heterocycles. The Morgan fingerprint density at radius 1 is 1.64 bits per heavy atom. The molecule has 0 radical (unpaired) electrons. The normalized spacial score (nSPS) is 9.64. The summed E-state index contributed by atoms with van der Waals surface area (Å²) in [5, 5.41) is 0. The maximum Gasteiger partial charge on any atom is 0.108 e. The third-order valence-corrected chi connectivity index (χ3v) is 1.66. The highest BCUT2D eigenvalue weighted by molar-refractivity contribution is 9.10. The van der Waals surface area contributed by atoms with Gasteiger partial charge in [-0.2, -0.15) is 0 Å². The Balaban J connectivity index is 3.19. The molecule has 0 atom stereocenters. The monoisotopic (exact) mass is 212 g/mol. The van der Waals surface area contributed by atoms with Crippen LogP contribution in [0.1, 0.15) is 12.6 Å². The maximum absolute atomic E-state index is 5.59. The van der Waals surface area contributed by atoms with Gasteiger partial charge in [0.15, 0.2) is 0 Å². The zero-order chi connectivity index (χ0) is 8.43. The maximum atomic E-state index is 5.59. The number of halogens is 1. The molecule has 11 heavy (non-hydrogen) atoms. The molecule has 0 saturated heterocycles. The van der Waals surface area contributed by atoms with Crippen molar-refractivity contribution >= 4 is 27.2 Å². The van der Waals surface area contributed by atoms with E-state index in [1.54, 1.807) is 12.1 Å². The van der Waals surface area contributed by atoms with Crippen LogP contribution in [0.4, 0.5) is 5.69 Å². The molecule has 0 aliphatic heterocycles. The van der Waals surface area contributed by atoms with Crippen LogP contribution in [-0.4, -0.2) is 4.98 Å². The fraction of sp³-hybridized carbons (Fsp3) is 0.125. The second-order valence-corrected chi connectivity index (χ2v) is 3.20. The van der Waals surface area contributed by atoms with Crippen molar-refractivity contribution < 1.29 is 0 Å². The van der Waals surface area contributed by atoms with Crippen molar-refractivity contribution in [2.24, 2.45) is 0 Å². The zero-order valence-corrected chi connectivity index (χ0v) is 7.85. The Hall–Kier alpha value is -0.830. The summed E-state index contributed by atoms with van der Waals surface area (Å²) in [6.07, 6.45) is 0. The number of rotatable bonds is 1. The zero-order valence-electron chi connectivity index (χ0n) is 6.26. The molecule has 2 N–H and O–H groups in total. The Morgan fingerprint density at radius 2 is 2.27 bits per heavy atom. The molecule has 0 bridgehead atoms. The van der Waals surface area contributed by atoms with Crippen LogP contribution < -0.4 is 5.73 Å². The molecule has 58 valence electrons. The van der Waals surface area contributed by atoms with Crippen molar-refractivity contribution in [1.29, 1.82) is 0 Å². The molecule has 0 aliphatic rings. The highest BCUT2D eigenvalue weighted by Gasteiger charge is 1.97. The van der Waals surface area contributed by atoms with Gasteiger partial charge in [-0.05, 0) is 40.6 Å². The lowest BCUT2D eigenvalue weighted by Gasteiger charge is -2.00. The van der Waals surface area contributed by atoms with E-state index in [0.717, 1.165) is 15.9 Å². The van der Waals surface area contributed by atoms with Gasteiger partial charge in [-0.25, -0.2) is 4.98 Å². The molecule has 0 unspecified atom stereocenters. The quantitative estimate of drug-likeness (QED) is 0.727. The minimum atomic E-state index is 0.699. The van der Waals surface area contributed by atoms with Gasteiger partial charge in [0.05, 0.1) is 5.69 Å². The second kappa shape index (κ2) is 3.05. The Morgan fingerprint density at radius 3 is 2.73 bits per heavy atom. The number of nitrogens with zero attached hydrogens (tertiary/aromatic N) is 1. The van der Waals surface area contributed by atoms with Gasteiger partial charge in [-0.3, -0.25) is 0 Å². The molecular weight excluding hydrogens is 204 g/mol. The third kappa shape index (κ3) is 2.05. The fourth-order valence-corrected chi connectivity index (χ4v) is 1.19. The van der Waals surface area contributed by atoms with Gasteiger partial charge in [0.25, 0.3) is 0 Å². The van der Waals surface area contributed by atoms with Gasteiger partial charge in [-0.1, -0.05) is 6.58 Å². The van der Waals surface area contributed by atoms with Crippen LogP contribution in [0.2, 0.25) is 0 Å². The minimum Gasteiger partial charge on any atom is -0.399 e. The lowest BCUT2D eigenvalue weighted by molar-refractivity contribution is 1.23. The molecule has 1 rings (SSSR count). The van der Waals surface area contributed by atoms with Crippen molar-refractivity contribution in [3.8, 4) is 0 Å². The van der Waals surface area contributed by atoms with Gasteiger partial charge >= 0.3 is 0 Å². The summed E-state index contributed by atoms with van der Waals surface area (Å²) in [7, 11) is 0. The molecule has 0 aliphatic carbocycles. The predicted molar refractivity (Wildman–Crippen MR) is 51.1 cm³/mol. The highest BCUT2D eigenvalue weighted by Crippen LogP contribution is 2.17. The average molecular weight is 213 g/mol. The van der Waals surface area contributed by atoms with Crippen LogP contribution in [0.15, 0.2) is 23.3 Å². The van der Waals surface area contributed by atoms with Gasteiger partial charge in [-0.15, -0.1) is 0 Å². The summed E-state index contributed by atoms with van der Waals surface area (Å²) in [6, 6.07) is 3.56. The largest absolute Gasteiger partial charge is 0.399 e. The van der Waals surface area contributed by atoms with Crippen LogP contribution in [0, 0.1) is 0 Å². The van der Waals surface area contributed by atoms with E-state index in [1.165, 1.54) is 0 Å². The average Bonchev–Trinajstić information content (AvgIpc) is 1.85. The minimum absolute atomic E-state index is 0.699. The highest BCUT2D eigenvalue weighted by atomic mass is 79.9.